The van der Waals surface area contributed by atoms with Gasteiger partial charge in [0, 0.05) is 31.2 Å². The van der Waals surface area contributed by atoms with Gasteiger partial charge in [-0.05, 0) is 24.6 Å². The van der Waals surface area contributed by atoms with Crippen LogP contribution < -0.4 is 11.1 Å². The number of nitrogens with one attached hydrogen (secondary N) is 1. The van der Waals surface area contributed by atoms with Crippen LogP contribution in [-0.4, -0.2) is 43.2 Å². The third-order valence-electron chi connectivity index (χ3n) is 3.71. The van der Waals surface area contributed by atoms with E-state index in [1.165, 1.54) is 18.2 Å². The van der Waals surface area contributed by atoms with Crippen molar-refractivity contribution in [3.05, 3.63) is 24.0 Å². The fourth-order valence-electron chi connectivity index (χ4n) is 2.46. The monoisotopic (exact) mass is 295 g/mol. The van der Waals surface area contributed by atoms with Gasteiger partial charge in [0.1, 0.15) is 5.82 Å². The zero-order chi connectivity index (χ0) is 15.2. The quantitative estimate of drug-likeness (QED) is 0.814. The van der Waals surface area contributed by atoms with Crippen LogP contribution in [0.25, 0.3) is 0 Å². The zero-order valence-electron chi connectivity index (χ0n) is 12.3. The van der Waals surface area contributed by atoms with Crippen molar-refractivity contribution >= 4 is 17.3 Å². The molecule has 1 atom stereocenters. The van der Waals surface area contributed by atoms with Crippen LogP contribution in [0.15, 0.2) is 18.2 Å². The van der Waals surface area contributed by atoms with E-state index < -0.39 is 5.82 Å². The molecule has 1 amide bonds. The van der Waals surface area contributed by atoms with Crippen LogP contribution in [0.2, 0.25) is 0 Å². The molecule has 0 aliphatic carbocycles. The average Bonchev–Trinajstić information content (AvgIpc) is 2.49. The lowest BCUT2D eigenvalue weighted by Gasteiger charge is -2.34. The van der Waals surface area contributed by atoms with Gasteiger partial charge in [0.15, 0.2) is 0 Å². The summed E-state index contributed by atoms with van der Waals surface area (Å²) in [4.78, 5) is 14.2. The fourth-order valence-corrected chi connectivity index (χ4v) is 2.46. The number of rotatable bonds is 5. The summed E-state index contributed by atoms with van der Waals surface area (Å²) in [7, 11) is 0. The summed E-state index contributed by atoms with van der Waals surface area (Å²) in [5, 5.41) is 2.57. The van der Waals surface area contributed by atoms with Crippen LogP contribution in [0.5, 0.6) is 0 Å². The Bertz CT molecular complexity index is 496. The Balaban J connectivity index is 1.85. The van der Waals surface area contributed by atoms with Crippen LogP contribution in [0.4, 0.5) is 15.8 Å². The highest BCUT2D eigenvalue weighted by atomic mass is 19.1. The first-order valence-corrected chi connectivity index (χ1v) is 7.26. The predicted molar refractivity (Wildman–Crippen MR) is 80.5 cm³/mol. The number of ether oxygens (including phenoxy) is 1. The molecule has 1 unspecified atom stereocenters. The highest BCUT2D eigenvalue weighted by Crippen LogP contribution is 2.18. The molecule has 0 saturated carbocycles. The van der Waals surface area contributed by atoms with Gasteiger partial charge < -0.3 is 15.8 Å². The number of nitrogen functional groups attached to an aromatic ring is 1. The number of nitrogens with two attached hydrogens (primary N) is 1. The van der Waals surface area contributed by atoms with E-state index in [-0.39, 0.29) is 11.6 Å². The van der Waals surface area contributed by atoms with Crippen molar-refractivity contribution < 1.29 is 13.9 Å². The van der Waals surface area contributed by atoms with E-state index >= 15 is 0 Å². The number of hydrogen-bond donors (Lipinski definition) is 2. The zero-order valence-corrected chi connectivity index (χ0v) is 12.3. The molecule has 3 N–H and O–H groups in total. The smallest absolute Gasteiger partial charge is 0.225 e. The topological polar surface area (TPSA) is 67.6 Å². The largest absolute Gasteiger partial charge is 0.399 e. The maximum Gasteiger partial charge on any atom is 0.225 e. The fraction of sp³-hybridized carbons (Fsp3) is 0.533. The summed E-state index contributed by atoms with van der Waals surface area (Å²) < 4.78 is 19.0. The number of anilines is 2. The minimum absolute atomic E-state index is 0.133. The second-order valence-corrected chi connectivity index (χ2v) is 5.21. The Labute approximate surface area is 124 Å². The van der Waals surface area contributed by atoms with Crippen LogP contribution in [0, 0.1) is 5.82 Å². The molecule has 116 valence electrons. The van der Waals surface area contributed by atoms with E-state index in [9.17, 15) is 9.18 Å². The summed E-state index contributed by atoms with van der Waals surface area (Å²) in [6.45, 7) is 4.99. The minimum Gasteiger partial charge on any atom is -0.399 e. The molecule has 1 aromatic rings. The molecule has 1 aliphatic rings. The van der Waals surface area contributed by atoms with Crippen molar-refractivity contribution in [1.82, 2.24) is 4.90 Å². The summed E-state index contributed by atoms with van der Waals surface area (Å²) in [6, 6.07) is 4.50. The van der Waals surface area contributed by atoms with Gasteiger partial charge in [-0.3, -0.25) is 9.69 Å². The van der Waals surface area contributed by atoms with Crippen molar-refractivity contribution in [1.29, 1.82) is 0 Å². The lowest BCUT2D eigenvalue weighted by molar-refractivity contribution is -0.117. The number of morpholine rings is 1. The molecule has 1 heterocycles. The molecule has 0 radical (unpaired) electrons. The van der Waals surface area contributed by atoms with E-state index in [1.807, 2.05) is 0 Å². The summed E-state index contributed by atoms with van der Waals surface area (Å²) in [5.41, 5.74) is 6.15. The van der Waals surface area contributed by atoms with Gasteiger partial charge in [0.25, 0.3) is 0 Å². The van der Waals surface area contributed by atoms with Crippen LogP contribution in [0.3, 0.4) is 0 Å². The van der Waals surface area contributed by atoms with E-state index in [4.69, 9.17) is 10.5 Å². The Morgan fingerprint density at radius 2 is 2.38 bits per heavy atom. The maximum atomic E-state index is 13.5. The molecule has 0 spiro atoms. The molecule has 1 aromatic carbocycles. The van der Waals surface area contributed by atoms with Crippen LogP contribution in [0.1, 0.15) is 19.8 Å². The number of carbonyl (C=O) groups is 1. The molecule has 1 fully saturated rings. The Kier molecular flexibility index (Phi) is 5.52. The maximum absolute atomic E-state index is 13.5. The van der Waals surface area contributed by atoms with Crippen molar-refractivity contribution in [2.24, 2.45) is 0 Å². The summed E-state index contributed by atoms with van der Waals surface area (Å²) in [5.74, 6) is -0.684. The number of nitrogens with zero attached hydrogens (tertiary/aromatic N) is 1. The van der Waals surface area contributed by atoms with E-state index in [2.05, 4.69) is 17.1 Å². The van der Waals surface area contributed by atoms with Gasteiger partial charge in [-0.2, -0.15) is 0 Å². The number of carbonyl (C=O) groups excluding carboxylic acids is 1. The molecular formula is C15H22FN3O2. The molecule has 6 heteroatoms. The standard InChI is InChI=1S/C15H22FN3O2/c1-2-12-10-21-8-7-19(12)6-5-15(20)18-14-9-11(17)3-4-13(14)16/h3-4,9,12H,2,5-8,10,17H2,1H3,(H,18,20). The third kappa shape index (κ3) is 4.41. The van der Waals surface area contributed by atoms with Crippen molar-refractivity contribution in [2.75, 3.05) is 37.4 Å². The lowest BCUT2D eigenvalue weighted by Crippen LogP contribution is -2.46. The first-order chi connectivity index (χ1) is 10.1. The highest BCUT2D eigenvalue weighted by Gasteiger charge is 2.21. The number of amides is 1. The normalized spacial score (nSPS) is 19.4. The second kappa shape index (κ2) is 7.38. The van der Waals surface area contributed by atoms with Gasteiger partial charge in [0.2, 0.25) is 5.91 Å². The van der Waals surface area contributed by atoms with E-state index in [1.54, 1.807) is 0 Å². The number of hydrogen-bond acceptors (Lipinski definition) is 4. The van der Waals surface area contributed by atoms with Crippen molar-refractivity contribution in [2.45, 2.75) is 25.8 Å². The highest BCUT2D eigenvalue weighted by molar-refractivity contribution is 5.91. The van der Waals surface area contributed by atoms with Crippen LogP contribution >= 0.6 is 0 Å². The van der Waals surface area contributed by atoms with Crippen molar-refractivity contribution in [3.8, 4) is 0 Å². The molecular weight excluding hydrogens is 273 g/mol. The first-order valence-electron chi connectivity index (χ1n) is 7.26. The van der Waals surface area contributed by atoms with Gasteiger partial charge >= 0.3 is 0 Å². The molecule has 1 aliphatic heterocycles. The predicted octanol–water partition coefficient (Wildman–Crippen LogP) is 1.85. The molecule has 5 nitrogen and oxygen atoms in total. The van der Waals surface area contributed by atoms with Gasteiger partial charge in [-0.1, -0.05) is 6.92 Å². The van der Waals surface area contributed by atoms with Gasteiger partial charge in [-0.25, -0.2) is 4.39 Å². The van der Waals surface area contributed by atoms with Gasteiger partial charge in [0.05, 0.1) is 18.9 Å². The Morgan fingerprint density at radius 3 is 3.14 bits per heavy atom. The van der Waals surface area contributed by atoms with E-state index in [0.29, 0.717) is 37.9 Å². The lowest BCUT2D eigenvalue weighted by atomic mass is 10.1. The van der Waals surface area contributed by atoms with E-state index in [0.717, 1.165) is 13.0 Å². The van der Waals surface area contributed by atoms with Crippen molar-refractivity contribution in [3.63, 3.8) is 0 Å². The first kappa shape index (κ1) is 15.7. The SMILES string of the molecule is CCC1COCCN1CCC(=O)Nc1cc(N)ccc1F. The molecule has 21 heavy (non-hydrogen) atoms. The Morgan fingerprint density at radius 1 is 1.57 bits per heavy atom. The minimum atomic E-state index is -0.477. The molecule has 0 bridgehead atoms. The molecule has 1 saturated heterocycles. The summed E-state index contributed by atoms with van der Waals surface area (Å²) >= 11 is 0. The summed E-state index contributed by atoms with van der Waals surface area (Å²) in [6.07, 6.45) is 1.32. The number of benzene rings is 1. The third-order valence-corrected chi connectivity index (χ3v) is 3.71. The molecule has 2 rings (SSSR count). The Hall–Kier alpha value is -1.66. The average molecular weight is 295 g/mol. The van der Waals surface area contributed by atoms with Gasteiger partial charge in [-0.15, -0.1) is 0 Å². The molecule has 0 aromatic heterocycles. The number of halogens is 1. The second-order valence-electron chi connectivity index (χ2n) is 5.21. The van der Waals surface area contributed by atoms with Crippen LogP contribution in [-0.2, 0) is 9.53 Å².